The Balaban J connectivity index is 2.19. The molecule has 0 amide bonds. The van der Waals surface area contributed by atoms with E-state index in [1.807, 2.05) is 6.07 Å². The van der Waals surface area contributed by atoms with Crippen LogP contribution in [0.15, 0.2) is 40.9 Å². The van der Waals surface area contributed by atoms with Gasteiger partial charge in [-0.2, -0.15) is 4.68 Å². The Kier molecular flexibility index (Phi) is 3.52. The average Bonchev–Trinajstić information content (AvgIpc) is 2.89. The lowest BCUT2D eigenvalue weighted by atomic mass is 10.1. The summed E-state index contributed by atoms with van der Waals surface area (Å²) in [5, 5.41) is 12.4. The quantitative estimate of drug-likeness (QED) is 0.681. The van der Waals surface area contributed by atoms with Gasteiger partial charge in [0.15, 0.2) is 5.82 Å². The van der Waals surface area contributed by atoms with Gasteiger partial charge in [-0.1, -0.05) is 11.6 Å². The Bertz CT molecular complexity index is 796. The van der Waals surface area contributed by atoms with E-state index in [9.17, 15) is 0 Å². The standard InChI is InChI=1S/C13H10BrClN6/c14-11-2-1-8(15)5-12(11)21-13(18-19-20-21)7-3-9(16)6-10(17)4-7/h1-6H,16-17H2. The van der Waals surface area contributed by atoms with Crippen LogP contribution in [0.25, 0.3) is 17.1 Å². The van der Waals surface area contributed by atoms with Crippen molar-refractivity contribution in [2.24, 2.45) is 0 Å². The van der Waals surface area contributed by atoms with Gasteiger partial charge in [0.25, 0.3) is 0 Å². The maximum atomic E-state index is 6.04. The Morgan fingerprint density at radius 2 is 1.76 bits per heavy atom. The van der Waals surface area contributed by atoms with Crippen molar-refractivity contribution in [3.8, 4) is 17.1 Å². The van der Waals surface area contributed by atoms with E-state index in [1.54, 1.807) is 35.0 Å². The summed E-state index contributed by atoms with van der Waals surface area (Å²) in [5.74, 6) is 0.525. The van der Waals surface area contributed by atoms with Gasteiger partial charge in [-0.3, -0.25) is 0 Å². The molecule has 0 spiro atoms. The van der Waals surface area contributed by atoms with Gasteiger partial charge >= 0.3 is 0 Å². The molecule has 6 nitrogen and oxygen atoms in total. The lowest BCUT2D eigenvalue weighted by Crippen LogP contribution is -2.02. The molecule has 1 aromatic heterocycles. The highest BCUT2D eigenvalue weighted by Gasteiger charge is 2.14. The zero-order valence-electron chi connectivity index (χ0n) is 10.7. The molecule has 0 aliphatic rings. The summed E-state index contributed by atoms with van der Waals surface area (Å²) in [7, 11) is 0. The van der Waals surface area contributed by atoms with Gasteiger partial charge in [0, 0.05) is 26.4 Å². The van der Waals surface area contributed by atoms with E-state index in [-0.39, 0.29) is 0 Å². The van der Waals surface area contributed by atoms with Crippen molar-refractivity contribution in [2.45, 2.75) is 0 Å². The zero-order chi connectivity index (χ0) is 15.0. The van der Waals surface area contributed by atoms with Crippen molar-refractivity contribution in [1.82, 2.24) is 20.2 Å². The second-order valence-corrected chi connectivity index (χ2v) is 5.69. The predicted octanol–water partition coefficient (Wildman–Crippen LogP) is 2.91. The van der Waals surface area contributed by atoms with Crippen LogP contribution in [-0.4, -0.2) is 20.2 Å². The zero-order valence-corrected chi connectivity index (χ0v) is 13.0. The number of anilines is 2. The molecule has 0 aliphatic carbocycles. The minimum absolute atomic E-state index is 0.525. The predicted molar refractivity (Wildman–Crippen MR) is 86.1 cm³/mol. The summed E-state index contributed by atoms with van der Waals surface area (Å²) in [5.41, 5.74) is 14.2. The van der Waals surface area contributed by atoms with E-state index in [0.717, 1.165) is 15.7 Å². The smallest absolute Gasteiger partial charge is 0.187 e. The highest BCUT2D eigenvalue weighted by atomic mass is 79.9. The molecule has 21 heavy (non-hydrogen) atoms. The van der Waals surface area contributed by atoms with Crippen molar-refractivity contribution < 1.29 is 0 Å². The molecule has 4 N–H and O–H groups in total. The van der Waals surface area contributed by atoms with Crippen molar-refractivity contribution in [3.05, 3.63) is 45.9 Å². The molecule has 106 valence electrons. The van der Waals surface area contributed by atoms with Crippen LogP contribution in [0.5, 0.6) is 0 Å². The first-order chi connectivity index (χ1) is 10.0. The van der Waals surface area contributed by atoms with Crippen molar-refractivity contribution in [3.63, 3.8) is 0 Å². The topological polar surface area (TPSA) is 95.6 Å². The second kappa shape index (κ2) is 5.34. The van der Waals surface area contributed by atoms with Gasteiger partial charge in [-0.05, 0) is 62.8 Å². The van der Waals surface area contributed by atoms with E-state index >= 15 is 0 Å². The molecule has 0 saturated heterocycles. The van der Waals surface area contributed by atoms with Crippen molar-refractivity contribution >= 4 is 38.9 Å². The number of nitrogens with two attached hydrogens (primary N) is 2. The molecule has 0 radical (unpaired) electrons. The first kappa shape index (κ1) is 13.8. The van der Waals surface area contributed by atoms with E-state index in [0.29, 0.717) is 22.2 Å². The fourth-order valence-corrected chi connectivity index (χ4v) is 2.56. The third kappa shape index (κ3) is 2.70. The Hall–Kier alpha value is -2.12. The van der Waals surface area contributed by atoms with Gasteiger partial charge in [-0.25, -0.2) is 0 Å². The van der Waals surface area contributed by atoms with Crippen LogP contribution < -0.4 is 11.5 Å². The Labute approximate surface area is 133 Å². The van der Waals surface area contributed by atoms with Crippen LogP contribution in [0.3, 0.4) is 0 Å². The molecule has 2 aromatic carbocycles. The van der Waals surface area contributed by atoms with Crippen LogP contribution in [0, 0.1) is 0 Å². The van der Waals surface area contributed by atoms with E-state index in [1.165, 1.54) is 0 Å². The number of hydrogen-bond acceptors (Lipinski definition) is 5. The van der Waals surface area contributed by atoms with E-state index in [2.05, 4.69) is 31.5 Å². The van der Waals surface area contributed by atoms with Crippen LogP contribution in [-0.2, 0) is 0 Å². The van der Waals surface area contributed by atoms with Crippen LogP contribution >= 0.6 is 27.5 Å². The number of nitrogen functional groups attached to an aromatic ring is 2. The summed E-state index contributed by atoms with van der Waals surface area (Å²) in [6, 6.07) is 10.6. The van der Waals surface area contributed by atoms with Gasteiger partial charge in [0.05, 0.1) is 5.69 Å². The monoisotopic (exact) mass is 364 g/mol. The third-order valence-corrected chi connectivity index (χ3v) is 3.75. The molecule has 3 rings (SSSR count). The van der Waals surface area contributed by atoms with E-state index in [4.69, 9.17) is 23.1 Å². The van der Waals surface area contributed by atoms with Crippen molar-refractivity contribution in [1.29, 1.82) is 0 Å². The molecule has 0 bridgehead atoms. The summed E-state index contributed by atoms with van der Waals surface area (Å²) < 4.78 is 2.39. The number of tetrazole rings is 1. The molecule has 0 unspecified atom stereocenters. The normalized spacial score (nSPS) is 10.8. The number of hydrogen-bond donors (Lipinski definition) is 2. The van der Waals surface area contributed by atoms with Gasteiger partial charge < -0.3 is 11.5 Å². The average molecular weight is 366 g/mol. The minimum Gasteiger partial charge on any atom is -0.399 e. The fraction of sp³-hybridized carbons (Fsp3) is 0. The molecule has 8 heteroatoms. The lowest BCUT2D eigenvalue weighted by Gasteiger charge is -2.08. The number of aromatic nitrogens is 4. The largest absolute Gasteiger partial charge is 0.399 e. The van der Waals surface area contributed by atoms with Gasteiger partial charge in [0.1, 0.15) is 0 Å². The number of benzene rings is 2. The van der Waals surface area contributed by atoms with Crippen LogP contribution in [0.1, 0.15) is 0 Å². The van der Waals surface area contributed by atoms with E-state index < -0.39 is 0 Å². The maximum Gasteiger partial charge on any atom is 0.187 e. The first-order valence-electron chi connectivity index (χ1n) is 5.95. The maximum absolute atomic E-state index is 6.04. The molecular formula is C13H10BrClN6. The summed E-state index contributed by atoms with van der Waals surface area (Å²) in [4.78, 5) is 0. The molecule has 0 fully saturated rings. The Morgan fingerprint density at radius 1 is 1.05 bits per heavy atom. The van der Waals surface area contributed by atoms with Gasteiger partial charge in [-0.15, -0.1) is 5.10 Å². The summed E-state index contributed by atoms with van der Waals surface area (Å²) in [6.07, 6.45) is 0. The van der Waals surface area contributed by atoms with Gasteiger partial charge in [0.2, 0.25) is 0 Å². The fourth-order valence-electron chi connectivity index (χ4n) is 1.98. The highest BCUT2D eigenvalue weighted by molar-refractivity contribution is 9.10. The van der Waals surface area contributed by atoms with Crippen LogP contribution in [0.2, 0.25) is 5.02 Å². The second-order valence-electron chi connectivity index (χ2n) is 4.40. The summed E-state index contributed by atoms with van der Waals surface area (Å²) in [6.45, 7) is 0. The molecular weight excluding hydrogens is 356 g/mol. The number of nitrogens with zero attached hydrogens (tertiary/aromatic N) is 4. The van der Waals surface area contributed by atoms with Crippen LogP contribution in [0.4, 0.5) is 11.4 Å². The highest BCUT2D eigenvalue weighted by Crippen LogP contribution is 2.29. The first-order valence-corrected chi connectivity index (χ1v) is 7.12. The number of halogens is 2. The minimum atomic E-state index is 0.525. The molecule has 3 aromatic rings. The van der Waals surface area contributed by atoms with Crippen molar-refractivity contribution in [2.75, 3.05) is 11.5 Å². The lowest BCUT2D eigenvalue weighted by molar-refractivity contribution is 0.789. The third-order valence-electron chi connectivity index (χ3n) is 2.84. The molecule has 0 saturated carbocycles. The number of rotatable bonds is 2. The Morgan fingerprint density at radius 3 is 2.48 bits per heavy atom. The molecule has 0 atom stereocenters. The summed E-state index contributed by atoms with van der Waals surface area (Å²) >= 11 is 9.50. The molecule has 0 aliphatic heterocycles. The molecule has 1 heterocycles. The SMILES string of the molecule is Nc1cc(N)cc(-c2nnnn2-c2cc(Cl)ccc2Br)c1.